The second-order valence-corrected chi connectivity index (χ2v) is 8.27. The molecule has 1 atom stereocenters. The Morgan fingerprint density at radius 1 is 1.19 bits per heavy atom. The molecule has 1 aliphatic heterocycles. The number of nitrogens with one attached hydrogen (secondary N) is 2. The third kappa shape index (κ3) is 5.53. The molecule has 2 aromatic rings. The highest BCUT2D eigenvalue weighted by atomic mass is 32.1. The van der Waals surface area contributed by atoms with E-state index in [4.69, 9.17) is 4.99 Å². The van der Waals surface area contributed by atoms with Gasteiger partial charge in [0.05, 0.1) is 23.3 Å². The molecule has 1 aromatic heterocycles. The maximum Gasteiger partial charge on any atom is 0.191 e. The predicted octanol–water partition coefficient (Wildman–Crippen LogP) is 3.65. The van der Waals surface area contributed by atoms with Crippen molar-refractivity contribution in [3.8, 4) is 0 Å². The summed E-state index contributed by atoms with van der Waals surface area (Å²) >= 11 is 1.73. The van der Waals surface area contributed by atoms with E-state index in [1.54, 1.807) is 11.3 Å². The lowest BCUT2D eigenvalue weighted by atomic mass is 10.1. The molecule has 2 heterocycles. The van der Waals surface area contributed by atoms with Gasteiger partial charge in [0.1, 0.15) is 0 Å². The maximum absolute atomic E-state index is 4.80. The van der Waals surface area contributed by atoms with Gasteiger partial charge in [-0.1, -0.05) is 30.3 Å². The van der Waals surface area contributed by atoms with Gasteiger partial charge in [0.15, 0.2) is 5.96 Å². The van der Waals surface area contributed by atoms with Crippen LogP contribution in [0.1, 0.15) is 46.9 Å². The first kappa shape index (κ1) is 19.8. The van der Waals surface area contributed by atoms with E-state index in [1.165, 1.54) is 36.4 Å². The summed E-state index contributed by atoms with van der Waals surface area (Å²) in [5.41, 5.74) is 2.47. The van der Waals surface area contributed by atoms with Crippen LogP contribution in [0.2, 0.25) is 0 Å². The SMILES string of the molecule is CCNC(=NCc1sc(C)nc1C)NCC(c1ccccc1)N1CCCC1. The number of hydrogen-bond donors (Lipinski definition) is 2. The number of nitrogens with zero attached hydrogens (tertiary/aromatic N) is 3. The van der Waals surface area contributed by atoms with Gasteiger partial charge in [-0.2, -0.15) is 0 Å². The average molecular weight is 386 g/mol. The molecule has 1 aliphatic rings. The molecule has 0 saturated carbocycles. The summed E-state index contributed by atoms with van der Waals surface area (Å²) in [5, 5.41) is 8.06. The number of guanidine groups is 1. The molecule has 0 bridgehead atoms. The summed E-state index contributed by atoms with van der Waals surface area (Å²) in [5.74, 6) is 0.878. The van der Waals surface area contributed by atoms with E-state index in [0.29, 0.717) is 12.6 Å². The molecule has 2 N–H and O–H groups in total. The molecule has 3 rings (SSSR count). The minimum absolute atomic E-state index is 0.380. The zero-order valence-electron chi connectivity index (χ0n) is 16.7. The van der Waals surface area contributed by atoms with Gasteiger partial charge in [0.25, 0.3) is 0 Å². The highest BCUT2D eigenvalue weighted by Crippen LogP contribution is 2.24. The van der Waals surface area contributed by atoms with E-state index < -0.39 is 0 Å². The molecular formula is C21H31N5S. The first-order valence-electron chi connectivity index (χ1n) is 9.91. The Labute approximate surface area is 166 Å². The molecule has 1 aromatic carbocycles. The zero-order valence-corrected chi connectivity index (χ0v) is 17.5. The molecule has 0 radical (unpaired) electrons. The Kier molecular flexibility index (Phi) is 7.24. The lowest BCUT2D eigenvalue weighted by Crippen LogP contribution is -2.42. The van der Waals surface area contributed by atoms with Crippen LogP contribution in [0.4, 0.5) is 0 Å². The van der Waals surface area contributed by atoms with Crippen molar-refractivity contribution in [2.24, 2.45) is 4.99 Å². The topological polar surface area (TPSA) is 52.6 Å². The number of rotatable bonds is 7. The smallest absolute Gasteiger partial charge is 0.191 e. The molecule has 0 amide bonds. The van der Waals surface area contributed by atoms with Gasteiger partial charge in [-0.05, 0) is 52.3 Å². The van der Waals surface area contributed by atoms with E-state index in [0.717, 1.165) is 29.8 Å². The average Bonchev–Trinajstić information content (AvgIpc) is 3.30. The van der Waals surface area contributed by atoms with Crippen LogP contribution in [-0.2, 0) is 6.54 Å². The van der Waals surface area contributed by atoms with Gasteiger partial charge in [0.2, 0.25) is 0 Å². The zero-order chi connectivity index (χ0) is 19.1. The fourth-order valence-corrected chi connectivity index (χ4v) is 4.45. The summed E-state index contributed by atoms with van der Waals surface area (Å²) in [6.07, 6.45) is 2.59. The van der Waals surface area contributed by atoms with Crippen molar-refractivity contribution in [3.05, 3.63) is 51.5 Å². The van der Waals surface area contributed by atoms with Crippen LogP contribution in [-0.4, -0.2) is 42.0 Å². The molecule has 0 aliphatic carbocycles. The number of likely N-dealkylation sites (tertiary alicyclic amines) is 1. The molecular weight excluding hydrogens is 354 g/mol. The van der Waals surface area contributed by atoms with Gasteiger partial charge in [-0.25, -0.2) is 9.98 Å². The van der Waals surface area contributed by atoms with Gasteiger partial charge < -0.3 is 10.6 Å². The monoisotopic (exact) mass is 385 g/mol. The minimum atomic E-state index is 0.380. The number of aromatic nitrogens is 1. The van der Waals surface area contributed by atoms with Crippen molar-refractivity contribution >= 4 is 17.3 Å². The van der Waals surface area contributed by atoms with E-state index >= 15 is 0 Å². The maximum atomic E-state index is 4.80. The number of benzene rings is 1. The van der Waals surface area contributed by atoms with Crippen LogP contribution in [0.3, 0.4) is 0 Å². The summed E-state index contributed by atoms with van der Waals surface area (Å²) < 4.78 is 0. The van der Waals surface area contributed by atoms with Crippen molar-refractivity contribution in [3.63, 3.8) is 0 Å². The van der Waals surface area contributed by atoms with Crippen LogP contribution in [0.5, 0.6) is 0 Å². The Morgan fingerprint density at radius 2 is 1.93 bits per heavy atom. The van der Waals surface area contributed by atoms with Gasteiger partial charge in [-0.15, -0.1) is 11.3 Å². The van der Waals surface area contributed by atoms with Crippen LogP contribution in [0.15, 0.2) is 35.3 Å². The lowest BCUT2D eigenvalue weighted by Gasteiger charge is -2.29. The molecule has 1 unspecified atom stereocenters. The van der Waals surface area contributed by atoms with Crippen molar-refractivity contribution in [2.45, 2.75) is 46.2 Å². The molecule has 146 valence electrons. The van der Waals surface area contributed by atoms with E-state index in [-0.39, 0.29) is 0 Å². The Balaban J connectivity index is 1.68. The van der Waals surface area contributed by atoms with Gasteiger partial charge in [0, 0.05) is 18.0 Å². The third-order valence-corrected chi connectivity index (χ3v) is 6.01. The summed E-state index contributed by atoms with van der Waals surface area (Å²) in [7, 11) is 0. The van der Waals surface area contributed by atoms with Crippen molar-refractivity contribution < 1.29 is 0 Å². The van der Waals surface area contributed by atoms with Crippen molar-refractivity contribution in [1.29, 1.82) is 0 Å². The lowest BCUT2D eigenvalue weighted by molar-refractivity contribution is 0.245. The molecule has 1 saturated heterocycles. The molecule has 6 heteroatoms. The van der Waals surface area contributed by atoms with Gasteiger partial charge in [-0.3, -0.25) is 4.90 Å². The van der Waals surface area contributed by atoms with Crippen molar-refractivity contribution in [1.82, 2.24) is 20.5 Å². The quantitative estimate of drug-likeness (QED) is 0.564. The highest BCUT2D eigenvalue weighted by molar-refractivity contribution is 7.11. The van der Waals surface area contributed by atoms with Gasteiger partial charge >= 0.3 is 0 Å². The van der Waals surface area contributed by atoms with Crippen molar-refractivity contribution in [2.75, 3.05) is 26.2 Å². The van der Waals surface area contributed by atoms with Crippen LogP contribution in [0.25, 0.3) is 0 Å². The first-order chi connectivity index (χ1) is 13.2. The Bertz CT molecular complexity index is 734. The largest absolute Gasteiger partial charge is 0.357 e. The fourth-order valence-electron chi connectivity index (χ4n) is 3.59. The molecule has 1 fully saturated rings. The Morgan fingerprint density at radius 3 is 2.56 bits per heavy atom. The van der Waals surface area contributed by atoms with E-state index in [1.807, 2.05) is 0 Å². The standard InChI is InChI=1S/C21H31N5S/c1-4-22-21(24-15-20-16(2)25-17(3)27-20)23-14-19(26-12-8-9-13-26)18-10-6-5-7-11-18/h5-7,10-11,19H,4,8-9,12-15H2,1-3H3,(H2,22,23,24). The number of aliphatic imine (C=N–C) groups is 1. The summed E-state index contributed by atoms with van der Waals surface area (Å²) in [6, 6.07) is 11.2. The second-order valence-electron chi connectivity index (χ2n) is 6.99. The fraction of sp³-hybridized carbons (Fsp3) is 0.524. The molecule has 0 spiro atoms. The molecule has 5 nitrogen and oxygen atoms in total. The molecule has 27 heavy (non-hydrogen) atoms. The van der Waals surface area contributed by atoms with E-state index in [9.17, 15) is 0 Å². The number of thiazole rings is 1. The van der Waals surface area contributed by atoms with Crippen LogP contribution < -0.4 is 10.6 Å². The van der Waals surface area contributed by atoms with Crippen LogP contribution >= 0.6 is 11.3 Å². The summed E-state index contributed by atoms with van der Waals surface area (Å²) in [4.78, 5) is 13.1. The Hall–Kier alpha value is -1.92. The normalized spacial score (nSPS) is 16.5. The highest BCUT2D eigenvalue weighted by Gasteiger charge is 2.23. The minimum Gasteiger partial charge on any atom is -0.357 e. The predicted molar refractivity (Wildman–Crippen MR) is 114 cm³/mol. The van der Waals surface area contributed by atoms with E-state index in [2.05, 4.69) is 71.6 Å². The van der Waals surface area contributed by atoms with Crippen LogP contribution in [0, 0.1) is 13.8 Å². The summed E-state index contributed by atoms with van der Waals surface area (Å²) in [6.45, 7) is 11.0. The second kappa shape index (κ2) is 9.85. The first-order valence-corrected chi connectivity index (χ1v) is 10.7. The number of aryl methyl sites for hydroxylation is 2. The number of hydrogen-bond acceptors (Lipinski definition) is 4. The third-order valence-electron chi connectivity index (χ3n) is 4.95.